The Morgan fingerprint density at radius 1 is 0.970 bits per heavy atom. The first kappa shape index (κ1) is 21.5. The van der Waals surface area contributed by atoms with Crippen molar-refractivity contribution in [3.63, 3.8) is 0 Å². The van der Waals surface area contributed by atoms with Crippen LogP contribution in [0.4, 0.5) is 5.69 Å². The molecule has 9 nitrogen and oxygen atoms in total. The normalized spacial score (nSPS) is 24.2. The molecule has 3 heterocycles. The standard InChI is InChI=1S/C24H27N3O6/c28-21(9-12-27-23(30)17-3-1-2-4-18(17)24(27)31)26-10-7-15(8-11-26)22(29)25-16-5-6-19-20(13-16)33-14-32-19/h1-2,5-6,13,15,17-18H,3-4,7-12,14H2,(H,25,29)/t17-,18-/m1/s1. The molecule has 3 aliphatic heterocycles. The van der Waals surface area contributed by atoms with Crippen molar-refractivity contribution in [3.05, 3.63) is 30.4 Å². The van der Waals surface area contributed by atoms with Crippen LogP contribution in [0.3, 0.4) is 0 Å². The largest absolute Gasteiger partial charge is 0.454 e. The average molecular weight is 453 g/mol. The van der Waals surface area contributed by atoms with E-state index in [9.17, 15) is 19.2 Å². The Morgan fingerprint density at radius 3 is 2.33 bits per heavy atom. The molecule has 1 N–H and O–H groups in total. The van der Waals surface area contributed by atoms with Crippen LogP contribution in [-0.2, 0) is 19.2 Å². The lowest BCUT2D eigenvalue weighted by atomic mass is 9.85. The number of imide groups is 1. The summed E-state index contributed by atoms with van der Waals surface area (Å²) in [6.07, 6.45) is 6.36. The number of amides is 4. The Balaban J connectivity index is 1.08. The molecule has 2 fully saturated rings. The number of likely N-dealkylation sites (tertiary alicyclic amines) is 2. The molecule has 0 unspecified atom stereocenters. The quantitative estimate of drug-likeness (QED) is 0.540. The molecule has 0 bridgehead atoms. The highest BCUT2D eigenvalue weighted by atomic mass is 16.7. The average Bonchev–Trinajstić information content (AvgIpc) is 3.40. The highest BCUT2D eigenvalue weighted by Crippen LogP contribution is 2.36. The molecule has 33 heavy (non-hydrogen) atoms. The smallest absolute Gasteiger partial charge is 0.233 e. The predicted octanol–water partition coefficient (Wildman–Crippen LogP) is 1.93. The zero-order valence-electron chi connectivity index (χ0n) is 18.3. The third kappa shape index (κ3) is 4.19. The van der Waals surface area contributed by atoms with E-state index in [1.807, 2.05) is 12.2 Å². The summed E-state index contributed by atoms with van der Waals surface area (Å²) in [5.41, 5.74) is 0.651. The molecule has 0 aromatic heterocycles. The summed E-state index contributed by atoms with van der Waals surface area (Å²) in [6.45, 7) is 1.27. The van der Waals surface area contributed by atoms with Crippen molar-refractivity contribution in [2.24, 2.45) is 17.8 Å². The van der Waals surface area contributed by atoms with Crippen molar-refractivity contribution in [2.45, 2.75) is 32.1 Å². The van der Waals surface area contributed by atoms with E-state index in [2.05, 4.69) is 5.32 Å². The van der Waals surface area contributed by atoms with Gasteiger partial charge in [0, 0.05) is 43.7 Å². The highest BCUT2D eigenvalue weighted by molar-refractivity contribution is 6.05. The van der Waals surface area contributed by atoms with Crippen LogP contribution in [0, 0.1) is 17.8 Å². The zero-order valence-corrected chi connectivity index (χ0v) is 18.3. The summed E-state index contributed by atoms with van der Waals surface area (Å²) < 4.78 is 10.6. The number of nitrogens with zero attached hydrogens (tertiary/aromatic N) is 2. The zero-order chi connectivity index (χ0) is 22.9. The van der Waals surface area contributed by atoms with E-state index in [-0.39, 0.29) is 61.1 Å². The van der Waals surface area contributed by atoms with Gasteiger partial charge in [-0.15, -0.1) is 0 Å². The van der Waals surface area contributed by atoms with Crippen molar-refractivity contribution in [1.29, 1.82) is 0 Å². The number of benzene rings is 1. The molecule has 1 aromatic rings. The molecule has 0 radical (unpaired) electrons. The molecule has 4 aliphatic rings. The van der Waals surface area contributed by atoms with Gasteiger partial charge in [-0.25, -0.2) is 0 Å². The first-order valence-electron chi connectivity index (χ1n) is 11.5. The van der Waals surface area contributed by atoms with Crippen LogP contribution in [0.15, 0.2) is 30.4 Å². The van der Waals surface area contributed by atoms with E-state index >= 15 is 0 Å². The fraction of sp³-hybridized carbons (Fsp3) is 0.500. The first-order chi connectivity index (χ1) is 16.0. The molecule has 2 atom stereocenters. The number of anilines is 1. The van der Waals surface area contributed by atoms with E-state index in [1.54, 1.807) is 23.1 Å². The van der Waals surface area contributed by atoms with E-state index in [0.717, 1.165) is 0 Å². The van der Waals surface area contributed by atoms with Gasteiger partial charge < -0.3 is 19.7 Å². The molecule has 1 aliphatic carbocycles. The SMILES string of the molecule is O=C(Nc1ccc2c(c1)OCO2)C1CCN(C(=O)CCN2C(=O)[C@@H]3CC=CC[C@H]3C2=O)CC1. The number of ether oxygens (including phenoxy) is 2. The van der Waals surface area contributed by atoms with Crippen molar-refractivity contribution in [3.8, 4) is 11.5 Å². The van der Waals surface area contributed by atoms with Gasteiger partial charge >= 0.3 is 0 Å². The minimum Gasteiger partial charge on any atom is -0.454 e. The lowest BCUT2D eigenvalue weighted by molar-refractivity contribution is -0.141. The van der Waals surface area contributed by atoms with Gasteiger partial charge in [-0.1, -0.05) is 12.2 Å². The lowest BCUT2D eigenvalue weighted by Gasteiger charge is -2.31. The molecular weight excluding hydrogens is 426 g/mol. The van der Waals surface area contributed by atoms with E-state index < -0.39 is 0 Å². The van der Waals surface area contributed by atoms with Crippen molar-refractivity contribution in [1.82, 2.24) is 9.80 Å². The number of nitrogens with one attached hydrogen (secondary N) is 1. The topological polar surface area (TPSA) is 105 Å². The molecule has 1 aromatic carbocycles. The van der Waals surface area contributed by atoms with Gasteiger partial charge in [-0.2, -0.15) is 0 Å². The van der Waals surface area contributed by atoms with Crippen LogP contribution in [0.1, 0.15) is 32.1 Å². The second kappa shape index (κ2) is 8.88. The Morgan fingerprint density at radius 2 is 1.64 bits per heavy atom. The van der Waals surface area contributed by atoms with Crippen LogP contribution in [0.25, 0.3) is 0 Å². The van der Waals surface area contributed by atoms with Gasteiger partial charge in [-0.05, 0) is 37.8 Å². The Bertz CT molecular complexity index is 987. The van der Waals surface area contributed by atoms with E-state index in [1.165, 1.54) is 4.90 Å². The summed E-state index contributed by atoms with van der Waals surface area (Å²) in [6, 6.07) is 5.28. The number of allylic oxidation sites excluding steroid dienone is 2. The molecule has 2 saturated heterocycles. The Labute approximate surface area is 191 Å². The summed E-state index contributed by atoms with van der Waals surface area (Å²) in [5.74, 6) is 0.0853. The second-order valence-corrected chi connectivity index (χ2v) is 8.95. The van der Waals surface area contributed by atoms with Crippen LogP contribution >= 0.6 is 0 Å². The number of carbonyl (C=O) groups excluding carboxylic acids is 4. The summed E-state index contributed by atoms with van der Waals surface area (Å²) >= 11 is 0. The number of fused-ring (bicyclic) bond motifs is 2. The Hall–Kier alpha value is -3.36. The molecular formula is C24H27N3O6. The van der Waals surface area contributed by atoms with E-state index in [4.69, 9.17) is 9.47 Å². The third-order valence-electron chi connectivity index (χ3n) is 7.01. The van der Waals surface area contributed by atoms with Gasteiger partial charge in [0.05, 0.1) is 11.8 Å². The maximum absolute atomic E-state index is 12.7. The van der Waals surface area contributed by atoms with Gasteiger partial charge in [0.15, 0.2) is 11.5 Å². The maximum atomic E-state index is 12.7. The summed E-state index contributed by atoms with van der Waals surface area (Å²) in [7, 11) is 0. The number of rotatable bonds is 5. The minimum absolute atomic E-state index is 0.0783. The van der Waals surface area contributed by atoms with Crippen LogP contribution in [0.5, 0.6) is 11.5 Å². The molecule has 4 amide bonds. The molecule has 174 valence electrons. The fourth-order valence-corrected chi connectivity index (χ4v) is 5.06. The molecule has 5 rings (SSSR count). The van der Waals surface area contributed by atoms with Crippen LogP contribution < -0.4 is 14.8 Å². The van der Waals surface area contributed by atoms with E-state index in [0.29, 0.717) is 56.0 Å². The van der Waals surface area contributed by atoms with Crippen molar-refractivity contribution >= 4 is 29.3 Å². The predicted molar refractivity (Wildman–Crippen MR) is 117 cm³/mol. The maximum Gasteiger partial charge on any atom is 0.233 e. The summed E-state index contributed by atoms with van der Waals surface area (Å²) in [5, 5.41) is 2.92. The van der Waals surface area contributed by atoms with Crippen molar-refractivity contribution < 1.29 is 28.7 Å². The van der Waals surface area contributed by atoms with Gasteiger partial charge in [0.2, 0.25) is 30.4 Å². The van der Waals surface area contributed by atoms with Gasteiger partial charge in [-0.3, -0.25) is 24.1 Å². The minimum atomic E-state index is -0.267. The molecule has 9 heteroatoms. The van der Waals surface area contributed by atoms with Crippen molar-refractivity contribution in [2.75, 3.05) is 31.7 Å². The number of hydrogen-bond acceptors (Lipinski definition) is 6. The number of carbonyl (C=O) groups is 4. The molecule has 0 saturated carbocycles. The monoisotopic (exact) mass is 453 g/mol. The molecule has 0 spiro atoms. The first-order valence-corrected chi connectivity index (χ1v) is 11.5. The Kier molecular flexibility index (Phi) is 5.78. The summed E-state index contributed by atoms with van der Waals surface area (Å²) in [4.78, 5) is 53.5. The number of piperidine rings is 1. The number of hydrogen-bond donors (Lipinski definition) is 1. The van der Waals surface area contributed by atoms with Crippen LogP contribution in [-0.4, -0.2) is 59.9 Å². The highest BCUT2D eigenvalue weighted by Gasteiger charge is 2.47. The second-order valence-electron chi connectivity index (χ2n) is 8.95. The lowest BCUT2D eigenvalue weighted by Crippen LogP contribution is -2.43. The fourth-order valence-electron chi connectivity index (χ4n) is 5.06. The third-order valence-corrected chi connectivity index (χ3v) is 7.01. The van der Waals surface area contributed by atoms with Crippen LogP contribution in [0.2, 0.25) is 0 Å². The van der Waals surface area contributed by atoms with Gasteiger partial charge in [0.1, 0.15) is 0 Å². The van der Waals surface area contributed by atoms with Gasteiger partial charge in [0.25, 0.3) is 0 Å².